The Morgan fingerprint density at radius 1 is 1.67 bits per heavy atom. The zero-order valence-electron chi connectivity index (χ0n) is 7.13. The third-order valence-electron chi connectivity index (χ3n) is 1.75. The fourth-order valence-electron chi connectivity index (χ4n) is 1.16. The molecule has 1 aliphatic carbocycles. The van der Waals surface area contributed by atoms with Gasteiger partial charge in [-0.15, -0.1) is 0 Å². The van der Waals surface area contributed by atoms with Crippen LogP contribution in [0.25, 0.3) is 0 Å². The molecule has 0 radical (unpaired) electrons. The lowest BCUT2D eigenvalue weighted by Crippen LogP contribution is -2.18. The van der Waals surface area contributed by atoms with Crippen LogP contribution in [0.15, 0.2) is 11.6 Å². The average molecular weight is 168 g/mol. The second-order valence-electron chi connectivity index (χ2n) is 2.65. The Kier molecular flexibility index (Phi) is 3.02. The second kappa shape index (κ2) is 4.04. The standard InChI is InChI=1S/C9H12O3/c1-2-12-9(11)7-5-3-4-6-8(7)10/h5H,2-4,6H2,1H3. The lowest BCUT2D eigenvalue weighted by molar-refractivity contribution is -0.140. The van der Waals surface area contributed by atoms with Crippen LogP contribution in [-0.2, 0) is 14.3 Å². The number of rotatable bonds is 2. The van der Waals surface area contributed by atoms with Crippen molar-refractivity contribution in [2.24, 2.45) is 0 Å². The molecule has 0 spiro atoms. The molecule has 3 nitrogen and oxygen atoms in total. The molecule has 0 bridgehead atoms. The van der Waals surface area contributed by atoms with E-state index < -0.39 is 5.97 Å². The number of ketones is 1. The molecule has 1 aliphatic rings. The predicted octanol–water partition coefficient (Wildman–Crippen LogP) is 1.23. The molecule has 0 heterocycles. The Labute approximate surface area is 71.4 Å². The van der Waals surface area contributed by atoms with Gasteiger partial charge in [0.05, 0.1) is 12.2 Å². The first kappa shape index (κ1) is 8.97. The van der Waals surface area contributed by atoms with Crippen LogP contribution in [0.3, 0.4) is 0 Å². The van der Waals surface area contributed by atoms with E-state index in [1.807, 2.05) is 0 Å². The van der Waals surface area contributed by atoms with Crippen LogP contribution in [0.5, 0.6) is 0 Å². The number of carbonyl (C=O) groups excluding carboxylic acids is 2. The van der Waals surface area contributed by atoms with Gasteiger partial charge < -0.3 is 4.74 Å². The summed E-state index contributed by atoms with van der Waals surface area (Å²) in [6.07, 6.45) is 3.80. The van der Waals surface area contributed by atoms with Gasteiger partial charge in [-0.1, -0.05) is 6.08 Å². The van der Waals surface area contributed by atoms with Crippen molar-refractivity contribution in [1.29, 1.82) is 0 Å². The molecule has 12 heavy (non-hydrogen) atoms. The molecule has 0 unspecified atom stereocenters. The van der Waals surface area contributed by atoms with Crippen molar-refractivity contribution in [3.05, 3.63) is 11.6 Å². The van der Waals surface area contributed by atoms with Crippen molar-refractivity contribution >= 4 is 11.8 Å². The maximum atomic E-state index is 11.1. The fraction of sp³-hybridized carbons (Fsp3) is 0.556. The van der Waals surface area contributed by atoms with E-state index in [-0.39, 0.29) is 11.4 Å². The van der Waals surface area contributed by atoms with Gasteiger partial charge in [-0.05, 0) is 19.8 Å². The summed E-state index contributed by atoms with van der Waals surface area (Å²) >= 11 is 0. The SMILES string of the molecule is CCOC(=O)C1=CCCCC1=O. The monoisotopic (exact) mass is 168 g/mol. The summed E-state index contributed by atoms with van der Waals surface area (Å²) in [5.41, 5.74) is 0.239. The molecule has 0 fully saturated rings. The normalized spacial score (nSPS) is 17.1. The van der Waals surface area contributed by atoms with E-state index in [9.17, 15) is 9.59 Å². The van der Waals surface area contributed by atoms with Crippen molar-refractivity contribution in [2.45, 2.75) is 26.2 Å². The summed E-state index contributed by atoms with van der Waals surface area (Å²) in [5.74, 6) is -0.554. The quantitative estimate of drug-likeness (QED) is 0.460. The first-order chi connectivity index (χ1) is 5.75. The van der Waals surface area contributed by atoms with Gasteiger partial charge in [0, 0.05) is 6.42 Å². The van der Waals surface area contributed by atoms with E-state index in [1.54, 1.807) is 13.0 Å². The molecule has 0 aliphatic heterocycles. The average Bonchev–Trinajstić information content (AvgIpc) is 2.05. The molecule has 66 valence electrons. The lowest BCUT2D eigenvalue weighted by Gasteiger charge is -2.09. The number of carbonyl (C=O) groups is 2. The van der Waals surface area contributed by atoms with Crippen LogP contribution in [-0.4, -0.2) is 18.4 Å². The van der Waals surface area contributed by atoms with Gasteiger partial charge in [-0.3, -0.25) is 4.79 Å². The Morgan fingerprint density at radius 2 is 2.42 bits per heavy atom. The maximum absolute atomic E-state index is 11.1. The van der Waals surface area contributed by atoms with Crippen molar-refractivity contribution in [1.82, 2.24) is 0 Å². The topological polar surface area (TPSA) is 43.4 Å². The summed E-state index contributed by atoms with van der Waals surface area (Å²) < 4.78 is 4.72. The minimum absolute atomic E-state index is 0.0836. The van der Waals surface area contributed by atoms with Gasteiger partial charge >= 0.3 is 5.97 Å². The largest absolute Gasteiger partial charge is 0.462 e. The first-order valence-electron chi connectivity index (χ1n) is 4.16. The summed E-state index contributed by atoms with van der Waals surface area (Å²) in [6, 6.07) is 0. The number of hydrogen-bond acceptors (Lipinski definition) is 3. The van der Waals surface area contributed by atoms with Gasteiger partial charge in [0.15, 0.2) is 5.78 Å². The Balaban J connectivity index is 2.65. The van der Waals surface area contributed by atoms with Crippen LogP contribution in [0, 0.1) is 0 Å². The van der Waals surface area contributed by atoms with Crippen molar-refractivity contribution in [2.75, 3.05) is 6.61 Å². The van der Waals surface area contributed by atoms with E-state index in [2.05, 4.69) is 0 Å². The minimum Gasteiger partial charge on any atom is -0.462 e. The highest BCUT2D eigenvalue weighted by Gasteiger charge is 2.20. The molecule has 0 aromatic rings. The van der Waals surface area contributed by atoms with E-state index in [1.165, 1.54) is 0 Å². The van der Waals surface area contributed by atoms with E-state index >= 15 is 0 Å². The summed E-state index contributed by atoms with van der Waals surface area (Å²) in [4.78, 5) is 22.2. The third kappa shape index (κ3) is 1.94. The fourth-order valence-corrected chi connectivity index (χ4v) is 1.16. The summed E-state index contributed by atoms with van der Waals surface area (Å²) in [6.45, 7) is 2.05. The molecule has 0 amide bonds. The van der Waals surface area contributed by atoms with Gasteiger partial charge in [-0.2, -0.15) is 0 Å². The smallest absolute Gasteiger partial charge is 0.341 e. The van der Waals surface area contributed by atoms with Crippen LogP contribution in [0.2, 0.25) is 0 Å². The van der Waals surface area contributed by atoms with E-state index in [4.69, 9.17) is 4.74 Å². The molecule has 0 aromatic carbocycles. The first-order valence-corrected chi connectivity index (χ1v) is 4.16. The maximum Gasteiger partial charge on any atom is 0.341 e. The highest BCUT2D eigenvalue weighted by Crippen LogP contribution is 2.14. The van der Waals surface area contributed by atoms with Crippen molar-refractivity contribution in [3.63, 3.8) is 0 Å². The van der Waals surface area contributed by atoms with Crippen LogP contribution in [0.1, 0.15) is 26.2 Å². The molecule has 0 saturated heterocycles. The zero-order valence-corrected chi connectivity index (χ0v) is 7.13. The molecule has 0 saturated carbocycles. The van der Waals surface area contributed by atoms with Gasteiger partial charge in [0.25, 0.3) is 0 Å². The predicted molar refractivity (Wildman–Crippen MR) is 43.6 cm³/mol. The lowest BCUT2D eigenvalue weighted by atomic mass is 9.98. The van der Waals surface area contributed by atoms with Crippen LogP contribution in [0.4, 0.5) is 0 Å². The molecule has 1 rings (SSSR count). The highest BCUT2D eigenvalue weighted by molar-refractivity contribution is 6.17. The Bertz CT molecular complexity index is 228. The number of hydrogen-bond donors (Lipinski definition) is 0. The second-order valence-corrected chi connectivity index (χ2v) is 2.65. The van der Waals surface area contributed by atoms with Gasteiger partial charge in [-0.25, -0.2) is 4.79 Å². The highest BCUT2D eigenvalue weighted by atomic mass is 16.5. The zero-order chi connectivity index (χ0) is 8.97. The van der Waals surface area contributed by atoms with Crippen LogP contribution >= 0.6 is 0 Å². The molecular weight excluding hydrogens is 156 g/mol. The number of allylic oxidation sites excluding steroid dienone is 1. The summed E-state index contributed by atoms with van der Waals surface area (Å²) in [7, 11) is 0. The molecule has 3 heteroatoms. The Hall–Kier alpha value is -1.12. The van der Waals surface area contributed by atoms with Crippen LogP contribution < -0.4 is 0 Å². The Morgan fingerprint density at radius 3 is 3.00 bits per heavy atom. The summed E-state index contributed by atoms with van der Waals surface area (Å²) in [5, 5.41) is 0. The van der Waals surface area contributed by atoms with E-state index in [0.717, 1.165) is 12.8 Å². The minimum atomic E-state index is -0.470. The molecule has 0 N–H and O–H groups in total. The number of ether oxygens (including phenoxy) is 1. The van der Waals surface area contributed by atoms with Crippen molar-refractivity contribution < 1.29 is 14.3 Å². The van der Waals surface area contributed by atoms with Crippen molar-refractivity contribution in [3.8, 4) is 0 Å². The number of esters is 1. The molecule has 0 atom stereocenters. The van der Waals surface area contributed by atoms with Gasteiger partial charge in [0.2, 0.25) is 0 Å². The van der Waals surface area contributed by atoms with Gasteiger partial charge in [0.1, 0.15) is 0 Å². The molecular formula is C9H12O3. The third-order valence-corrected chi connectivity index (χ3v) is 1.75. The van der Waals surface area contributed by atoms with E-state index in [0.29, 0.717) is 13.0 Å². The number of Topliss-reactive ketones (excluding diaryl/α,β-unsaturated/α-hetero) is 1. The molecule has 0 aromatic heterocycles.